The highest BCUT2D eigenvalue weighted by molar-refractivity contribution is 7.95. The van der Waals surface area contributed by atoms with Crippen LogP contribution in [0.1, 0.15) is 10.4 Å². The molecule has 49 heavy (non-hydrogen) atoms. The van der Waals surface area contributed by atoms with Gasteiger partial charge in [-0.1, -0.05) is 78.9 Å². The fraction of sp³-hybridized carbons (Fsp3) is 0.0488. The summed E-state index contributed by atoms with van der Waals surface area (Å²) >= 11 is 0. The number of nitrogens with one attached hydrogen (secondary N) is 1. The highest BCUT2D eigenvalue weighted by atomic mass is 31.2. The molecule has 0 spiro atoms. The number of carbonyl (C=O) groups is 1. The summed E-state index contributed by atoms with van der Waals surface area (Å²) in [4.78, 5) is 18.3. The maximum absolute atomic E-state index is 13.6. The molecular weight excluding hydrogens is 627 g/mol. The van der Waals surface area contributed by atoms with Gasteiger partial charge in [0.15, 0.2) is 11.6 Å². The molecule has 0 atom stereocenters. The molecule has 0 aliphatic rings. The van der Waals surface area contributed by atoms with Gasteiger partial charge in [-0.05, 0) is 84.9 Å². The van der Waals surface area contributed by atoms with E-state index in [2.05, 4.69) is 78.1 Å². The molecule has 0 saturated heterocycles. The summed E-state index contributed by atoms with van der Waals surface area (Å²) in [5.41, 5.74) is 2.11. The number of para-hydroxylation sites is 2. The lowest BCUT2D eigenvalue weighted by molar-refractivity contribution is 0.0956. The van der Waals surface area contributed by atoms with Gasteiger partial charge in [-0.25, -0.2) is 9.67 Å². The highest BCUT2D eigenvalue weighted by Gasteiger charge is 2.44. The Kier molecular flexibility index (Phi) is 9.00. The normalized spacial score (nSPS) is 11.3. The van der Waals surface area contributed by atoms with Crippen LogP contribution in [0.2, 0.25) is 0 Å². The third-order valence-corrected chi connectivity index (χ3v) is 13.0. The van der Waals surface area contributed by atoms with Crippen molar-refractivity contribution in [3.63, 3.8) is 0 Å². The number of phenolic OH excluding ortho intramolecular Hbond substituents is 2. The number of amides is 1. The van der Waals surface area contributed by atoms with E-state index in [1.807, 2.05) is 24.3 Å². The fourth-order valence-electron chi connectivity index (χ4n) is 6.18. The van der Waals surface area contributed by atoms with Crippen molar-refractivity contribution >= 4 is 29.1 Å². The Morgan fingerprint density at radius 3 is 1.57 bits per heavy atom. The average molecular weight is 662 g/mol. The van der Waals surface area contributed by atoms with Gasteiger partial charge in [-0.15, -0.1) is 5.10 Å². The van der Waals surface area contributed by atoms with Crippen LogP contribution >= 0.6 is 7.26 Å². The maximum atomic E-state index is 13.6. The van der Waals surface area contributed by atoms with Crippen LogP contribution < -0.4 is 21.2 Å². The molecule has 240 valence electrons. The number of hydrogen-bond acceptors (Lipinski definition) is 5. The Morgan fingerprint density at radius 2 is 1.06 bits per heavy atom. The number of benzene rings is 6. The topological polar surface area (TPSA) is 100 Å². The number of carbonyl (C=O) groups excluding carboxylic acids is 1. The molecule has 7 nitrogen and oxygen atoms in total. The first kappa shape index (κ1) is 31.6. The van der Waals surface area contributed by atoms with E-state index in [0.717, 1.165) is 6.16 Å². The van der Waals surface area contributed by atoms with E-state index in [1.165, 1.54) is 15.9 Å². The minimum atomic E-state index is -2.09. The third kappa shape index (κ3) is 6.32. The molecule has 0 unspecified atom stereocenters. The lowest BCUT2D eigenvalue weighted by Crippen LogP contribution is -2.37. The monoisotopic (exact) mass is 661 g/mol. The minimum absolute atomic E-state index is 0.0498. The van der Waals surface area contributed by atoms with Crippen molar-refractivity contribution in [2.45, 2.75) is 0 Å². The van der Waals surface area contributed by atoms with Crippen molar-refractivity contribution in [3.05, 3.63) is 169 Å². The molecule has 0 radical (unpaired) electrons. The summed E-state index contributed by atoms with van der Waals surface area (Å²) < 4.78 is 1.61. The molecule has 7 aromatic rings. The van der Waals surface area contributed by atoms with Crippen LogP contribution in [-0.4, -0.2) is 43.6 Å². The second-order valence-electron chi connectivity index (χ2n) is 11.5. The van der Waals surface area contributed by atoms with Gasteiger partial charge in [-0.3, -0.25) is 4.79 Å². The van der Waals surface area contributed by atoms with Crippen LogP contribution in [0.25, 0.3) is 28.5 Å². The summed E-state index contributed by atoms with van der Waals surface area (Å²) in [6.45, 7) is 0.484. The summed E-state index contributed by atoms with van der Waals surface area (Å²) in [6, 6.07) is 52.7. The van der Waals surface area contributed by atoms with Crippen molar-refractivity contribution in [3.8, 4) is 40.0 Å². The van der Waals surface area contributed by atoms with E-state index in [-0.39, 0.29) is 17.4 Å². The summed E-state index contributed by atoms with van der Waals surface area (Å²) in [5.74, 6) is 0.634. The molecule has 0 fully saturated rings. The zero-order valence-electron chi connectivity index (χ0n) is 26.6. The van der Waals surface area contributed by atoms with Crippen molar-refractivity contribution < 1.29 is 15.0 Å². The third-order valence-electron chi connectivity index (χ3n) is 8.59. The summed E-state index contributed by atoms with van der Waals surface area (Å²) in [5, 5.41) is 32.8. The van der Waals surface area contributed by atoms with Crippen LogP contribution in [0.3, 0.4) is 0 Å². The first-order chi connectivity index (χ1) is 24.0. The summed E-state index contributed by atoms with van der Waals surface area (Å²) in [6.07, 6.45) is 0.757. The van der Waals surface area contributed by atoms with Gasteiger partial charge < -0.3 is 15.5 Å². The molecule has 7 rings (SSSR count). The number of aromatic hydroxyl groups is 2. The molecule has 1 aromatic heterocycles. The molecule has 6 aromatic carbocycles. The molecule has 1 amide bonds. The molecule has 8 heteroatoms. The molecule has 0 saturated carbocycles. The number of nitrogens with zero attached hydrogens (tertiary/aromatic N) is 3. The van der Waals surface area contributed by atoms with E-state index < -0.39 is 7.26 Å². The Morgan fingerprint density at radius 1 is 0.592 bits per heavy atom. The second kappa shape index (κ2) is 14.0. The van der Waals surface area contributed by atoms with E-state index in [1.54, 1.807) is 71.4 Å². The zero-order valence-corrected chi connectivity index (χ0v) is 27.5. The molecule has 0 aliphatic heterocycles. The van der Waals surface area contributed by atoms with Crippen LogP contribution in [0.4, 0.5) is 0 Å². The van der Waals surface area contributed by atoms with Crippen molar-refractivity contribution in [1.82, 2.24) is 20.1 Å². The maximum Gasteiger partial charge on any atom is 0.251 e. The Labute approximate surface area is 285 Å². The first-order valence-corrected chi connectivity index (χ1v) is 18.0. The minimum Gasteiger partial charge on any atom is -0.507 e. The van der Waals surface area contributed by atoms with Gasteiger partial charge in [0.25, 0.3) is 5.91 Å². The predicted octanol–water partition coefficient (Wildman–Crippen LogP) is 6.74. The van der Waals surface area contributed by atoms with Crippen LogP contribution in [0.5, 0.6) is 11.5 Å². The SMILES string of the molecule is O=C(NCC[P+](c1ccccc1)(c1ccccc1)c1ccccc1)c1ccc(-n2nc(-c3ccccc3O)nc2-c2ccccc2O)cc1. The predicted molar refractivity (Wildman–Crippen MR) is 198 cm³/mol. The largest absolute Gasteiger partial charge is 0.507 e. The number of phenols is 2. The quantitative estimate of drug-likeness (QED) is 0.141. The zero-order chi connectivity index (χ0) is 33.6. The number of aromatic nitrogens is 3. The van der Waals surface area contributed by atoms with E-state index in [9.17, 15) is 15.0 Å². The van der Waals surface area contributed by atoms with Crippen LogP contribution in [0.15, 0.2) is 164 Å². The van der Waals surface area contributed by atoms with Crippen molar-refractivity contribution in [1.29, 1.82) is 0 Å². The Balaban J connectivity index is 1.17. The van der Waals surface area contributed by atoms with Gasteiger partial charge >= 0.3 is 0 Å². The summed E-state index contributed by atoms with van der Waals surface area (Å²) in [7, 11) is -2.09. The molecule has 3 N–H and O–H groups in total. The van der Waals surface area contributed by atoms with Crippen molar-refractivity contribution in [2.75, 3.05) is 12.7 Å². The smallest absolute Gasteiger partial charge is 0.251 e. The standard InChI is InChI=1S/C41H33N4O3P/c46-37-22-12-10-20-35(37)39-43-40(36-21-11-13-23-38(36)47)45(44-39)31-26-24-30(25-27-31)41(48)42-28-29-49(32-14-4-1-5-15-32,33-16-6-2-7-17-33)34-18-8-3-9-19-34/h1-27H,28-29H2,(H2-,42,43,44,46,47,48)/p+1. The van der Waals surface area contributed by atoms with E-state index in [0.29, 0.717) is 40.6 Å². The van der Waals surface area contributed by atoms with Gasteiger partial charge in [0.1, 0.15) is 34.7 Å². The highest BCUT2D eigenvalue weighted by Crippen LogP contribution is 2.54. The Bertz CT molecular complexity index is 2090. The van der Waals surface area contributed by atoms with Gasteiger partial charge in [0.2, 0.25) is 0 Å². The van der Waals surface area contributed by atoms with E-state index in [4.69, 9.17) is 10.1 Å². The first-order valence-electron chi connectivity index (χ1n) is 16.0. The lowest BCUT2D eigenvalue weighted by atomic mass is 10.1. The van der Waals surface area contributed by atoms with E-state index >= 15 is 0 Å². The van der Waals surface area contributed by atoms with Gasteiger partial charge in [0.05, 0.1) is 29.5 Å². The Hall–Kier alpha value is -6.04. The molecule has 1 heterocycles. The molecule has 0 bridgehead atoms. The fourth-order valence-corrected chi connectivity index (χ4v) is 10.3. The number of rotatable bonds is 10. The lowest BCUT2D eigenvalue weighted by Gasteiger charge is -2.27. The van der Waals surface area contributed by atoms with Crippen molar-refractivity contribution in [2.24, 2.45) is 0 Å². The number of hydrogen-bond donors (Lipinski definition) is 3. The second-order valence-corrected chi connectivity index (χ2v) is 15.2. The van der Waals surface area contributed by atoms with Crippen LogP contribution in [0, 0.1) is 0 Å². The van der Waals surface area contributed by atoms with Crippen LogP contribution in [-0.2, 0) is 0 Å². The van der Waals surface area contributed by atoms with Gasteiger partial charge in [-0.2, -0.15) is 0 Å². The molecule has 0 aliphatic carbocycles. The molecular formula is C41H34N4O3P+. The van der Waals surface area contributed by atoms with Gasteiger partial charge in [0, 0.05) is 5.56 Å². The average Bonchev–Trinajstić information content (AvgIpc) is 3.60.